The summed E-state index contributed by atoms with van der Waals surface area (Å²) in [5, 5.41) is 39.7. The molecule has 1 aliphatic carbocycles. The molecule has 200 valence electrons. The summed E-state index contributed by atoms with van der Waals surface area (Å²) in [6, 6.07) is 9.08. The van der Waals surface area contributed by atoms with Gasteiger partial charge >= 0.3 is 0 Å². The van der Waals surface area contributed by atoms with Gasteiger partial charge in [-0.05, 0) is 36.5 Å². The molecule has 0 spiro atoms. The first-order valence-corrected chi connectivity index (χ1v) is 12.5. The van der Waals surface area contributed by atoms with E-state index in [1.54, 1.807) is 36.3 Å². The van der Waals surface area contributed by atoms with Crippen molar-refractivity contribution in [2.45, 2.75) is 51.6 Å². The number of aromatic nitrogens is 6. The van der Waals surface area contributed by atoms with Gasteiger partial charge in [-0.1, -0.05) is 26.0 Å². The molecule has 1 aromatic carbocycles. The normalized spacial score (nSPS) is 15.1. The highest BCUT2D eigenvalue weighted by atomic mass is 19.3. The number of alkyl halides is 2. The van der Waals surface area contributed by atoms with E-state index in [-0.39, 0.29) is 5.41 Å². The Morgan fingerprint density at radius 1 is 1.15 bits per heavy atom. The van der Waals surface area contributed by atoms with Crippen LogP contribution >= 0.6 is 0 Å². The van der Waals surface area contributed by atoms with E-state index >= 15 is 0 Å². The van der Waals surface area contributed by atoms with Gasteiger partial charge in [0.15, 0.2) is 0 Å². The van der Waals surface area contributed by atoms with Crippen molar-refractivity contribution in [1.29, 1.82) is 10.5 Å². The van der Waals surface area contributed by atoms with Crippen molar-refractivity contribution in [3.05, 3.63) is 59.3 Å². The van der Waals surface area contributed by atoms with Crippen LogP contribution in [0.2, 0.25) is 0 Å². The van der Waals surface area contributed by atoms with Gasteiger partial charge in [-0.15, -0.1) is 5.10 Å². The van der Waals surface area contributed by atoms with Gasteiger partial charge in [0.1, 0.15) is 29.4 Å². The molecule has 0 unspecified atom stereocenters. The van der Waals surface area contributed by atoms with Crippen LogP contribution in [0.1, 0.15) is 62.2 Å². The van der Waals surface area contributed by atoms with Crippen LogP contribution in [0.15, 0.2) is 36.8 Å². The zero-order chi connectivity index (χ0) is 27.9. The maximum Gasteiger partial charge on any atom is 0.263 e. The number of nitrogens with one attached hydrogen (secondary N) is 2. The first kappa shape index (κ1) is 26.0. The number of benzene rings is 1. The molecule has 0 amide bonds. The lowest BCUT2D eigenvalue weighted by Gasteiger charge is -2.22. The Kier molecular flexibility index (Phi) is 6.43. The molecule has 2 N–H and O–H groups in total. The lowest BCUT2D eigenvalue weighted by atomic mass is 9.96. The van der Waals surface area contributed by atoms with Crippen molar-refractivity contribution in [1.82, 2.24) is 29.8 Å². The summed E-state index contributed by atoms with van der Waals surface area (Å²) in [6.45, 7) is 6.82. The number of halogens is 2. The molecule has 3 heterocycles. The molecule has 10 nitrogen and oxygen atoms in total. The average molecular weight is 531 g/mol. The Balaban J connectivity index is 1.60. The van der Waals surface area contributed by atoms with Crippen LogP contribution in [0.25, 0.3) is 10.9 Å². The second-order valence-corrected chi connectivity index (χ2v) is 11.1. The minimum Gasteiger partial charge on any atom is -0.383 e. The van der Waals surface area contributed by atoms with Crippen LogP contribution in [0.3, 0.4) is 0 Å². The van der Waals surface area contributed by atoms with E-state index in [4.69, 9.17) is 0 Å². The maximum absolute atomic E-state index is 13.7. The summed E-state index contributed by atoms with van der Waals surface area (Å²) >= 11 is 0. The first-order chi connectivity index (χ1) is 18.6. The van der Waals surface area contributed by atoms with Crippen LogP contribution in [-0.2, 0) is 12.6 Å². The zero-order valence-electron chi connectivity index (χ0n) is 22.1. The van der Waals surface area contributed by atoms with Crippen molar-refractivity contribution in [3.63, 3.8) is 0 Å². The number of nitriles is 2. The molecule has 0 aliphatic heterocycles. The van der Waals surface area contributed by atoms with Gasteiger partial charge in [0.05, 0.1) is 34.2 Å². The van der Waals surface area contributed by atoms with E-state index < -0.39 is 18.0 Å². The van der Waals surface area contributed by atoms with E-state index in [1.807, 2.05) is 6.07 Å². The first-order valence-electron chi connectivity index (χ1n) is 12.5. The predicted octanol–water partition coefficient (Wildman–Crippen LogP) is 4.72. The van der Waals surface area contributed by atoms with Crippen LogP contribution in [-0.4, -0.2) is 42.7 Å². The van der Waals surface area contributed by atoms with E-state index in [1.165, 1.54) is 10.9 Å². The molecule has 0 bridgehead atoms. The standard InChI is InChI=1S/C27H28F2N10/c1-26(2,3)15-33-23-17(12-31)13-32-22-16(11-30)9-18(10-19(22)23)35-24(21-5-8-34-38(21)4)20-14-39(37-36-20)27(6-7-27)25(28)29/h5,8-10,13-14,24-25,35H,6-7,15H2,1-4H3,(H,32,33)/t24-/m1/s1. The molecule has 5 rings (SSSR count). The van der Waals surface area contributed by atoms with Gasteiger partial charge in [0.25, 0.3) is 6.43 Å². The molecular weight excluding hydrogens is 502 g/mol. The molecule has 4 aromatic rings. The molecule has 1 atom stereocenters. The smallest absolute Gasteiger partial charge is 0.263 e. The Hall–Kier alpha value is -4.58. The number of nitrogens with zero attached hydrogens (tertiary/aromatic N) is 8. The largest absolute Gasteiger partial charge is 0.383 e. The Morgan fingerprint density at radius 3 is 2.49 bits per heavy atom. The van der Waals surface area contributed by atoms with Crippen LogP contribution in [0, 0.1) is 28.1 Å². The van der Waals surface area contributed by atoms with Crippen LogP contribution in [0.4, 0.5) is 20.2 Å². The number of aryl methyl sites for hydroxylation is 1. The van der Waals surface area contributed by atoms with E-state index in [2.05, 4.69) is 63.9 Å². The van der Waals surface area contributed by atoms with Crippen molar-refractivity contribution in [2.24, 2.45) is 12.5 Å². The fraction of sp³-hybridized carbons (Fsp3) is 0.407. The third-order valence-corrected chi connectivity index (χ3v) is 6.90. The van der Waals surface area contributed by atoms with Gasteiger partial charge in [0.2, 0.25) is 0 Å². The number of fused-ring (bicyclic) bond motifs is 1. The Bertz CT molecular complexity index is 1610. The number of pyridine rings is 1. The monoisotopic (exact) mass is 530 g/mol. The quantitative estimate of drug-likeness (QED) is 0.334. The van der Waals surface area contributed by atoms with Crippen molar-refractivity contribution in [3.8, 4) is 12.1 Å². The van der Waals surface area contributed by atoms with Crippen molar-refractivity contribution < 1.29 is 8.78 Å². The molecule has 1 saturated carbocycles. The van der Waals surface area contributed by atoms with Gasteiger partial charge in [0, 0.05) is 37.1 Å². The summed E-state index contributed by atoms with van der Waals surface area (Å²) in [5.41, 5.74) is 2.07. The number of anilines is 2. The van der Waals surface area contributed by atoms with E-state index in [0.717, 1.165) is 5.69 Å². The topological polar surface area (TPSA) is 133 Å². The molecule has 3 aromatic heterocycles. The summed E-state index contributed by atoms with van der Waals surface area (Å²) in [5.74, 6) is 0. The zero-order valence-corrected chi connectivity index (χ0v) is 22.1. The van der Waals surface area contributed by atoms with Gasteiger partial charge in [-0.25, -0.2) is 13.5 Å². The van der Waals surface area contributed by atoms with Gasteiger partial charge in [-0.3, -0.25) is 9.67 Å². The second kappa shape index (κ2) is 9.62. The van der Waals surface area contributed by atoms with Gasteiger partial charge in [-0.2, -0.15) is 15.6 Å². The molecule has 12 heteroatoms. The summed E-state index contributed by atoms with van der Waals surface area (Å²) in [6.07, 6.45) is 2.78. The van der Waals surface area contributed by atoms with Crippen LogP contribution in [0.5, 0.6) is 0 Å². The minimum atomic E-state index is -2.55. The highest BCUT2D eigenvalue weighted by Crippen LogP contribution is 2.48. The lowest BCUT2D eigenvalue weighted by molar-refractivity contribution is 0.0593. The number of hydrogen-bond acceptors (Lipinski definition) is 8. The maximum atomic E-state index is 13.7. The number of hydrogen-bond donors (Lipinski definition) is 2. The third-order valence-electron chi connectivity index (χ3n) is 6.90. The van der Waals surface area contributed by atoms with Crippen LogP contribution < -0.4 is 10.6 Å². The van der Waals surface area contributed by atoms with Crippen molar-refractivity contribution >= 4 is 22.3 Å². The lowest BCUT2D eigenvalue weighted by Crippen LogP contribution is -2.26. The average Bonchev–Trinajstić information content (AvgIpc) is 3.37. The summed E-state index contributed by atoms with van der Waals surface area (Å²) in [7, 11) is 1.77. The van der Waals surface area contributed by atoms with Crippen molar-refractivity contribution in [2.75, 3.05) is 17.2 Å². The van der Waals surface area contributed by atoms with E-state index in [9.17, 15) is 19.3 Å². The highest BCUT2D eigenvalue weighted by Gasteiger charge is 2.54. The molecule has 1 aliphatic rings. The molecular formula is C27H28F2N10. The number of rotatable bonds is 8. The highest BCUT2D eigenvalue weighted by molar-refractivity contribution is 5.99. The summed E-state index contributed by atoms with van der Waals surface area (Å²) in [4.78, 5) is 4.40. The molecule has 0 saturated heterocycles. The SMILES string of the molecule is Cn1nccc1[C@H](Nc1cc(C#N)c2ncc(C#N)c(NCC(C)(C)C)c2c1)c1cn(C2(C(F)F)CC2)nn1. The second-order valence-electron chi connectivity index (χ2n) is 11.1. The molecule has 0 radical (unpaired) electrons. The van der Waals surface area contributed by atoms with E-state index in [0.29, 0.717) is 58.5 Å². The summed E-state index contributed by atoms with van der Waals surface area (Å²) < 4.78 is 30.4. The fourth-order valence-corrected chi connectivity index (χ4v) is 4.54. The Morgan fingerprint density at radius 2 is 1.90 bits per heavy atom. The predicted molar refractivity (Wildman–Crippen MR) is 141 cm³/mol. The molecule has 1 fully saturated rings. The van der Waals surface area contributed by atoms with Gasteiger partial charge < -0.3 is 10.6 Å². The molecule has 39 heavy (non-hydrogen) atoms. The minimum absolute atomic E-state index is 0.0656. The Labute approximate surface area is 224 Å². The third kappa shape index (κ3) is 4.86. The fourth-order valence-electron chi connectivity index (χ4n) is 4.54.